The van der Waals surface area contributed by atoms with E-state index in [9.17, 15) is 27.6 Å². The van der Waals surface area contributed by atoms with Crippen LogP contribution in [-0.4, -0.2) is 37.7 Å². The minimum atomic E-state index is -4.46. The third-order valence-corrected chi connectivity index (χ3v) is 13.6. The van der Waals surface area contributed by atoms with Crippen LogP contribution in [0.4, 0.5) is 0 Å². The molecule has 0 amide bonds. The zero-order valence-electron chi connectivity index (χ0n) is 26.8. The summed E-state index contributed by atoms with van der Waals surface area (Å²) in [5.41, 5.74) is -0.802. The fourth-order valence-electron chi connectivity index (χ4n) is 8.73. The molecule has 0 bridgehead atoms. The van der Waals surface area contributed by atoms with Crippen LogP contribution in [0.3, 0.4) is 0 Å². The van der Waals surface area contributed by atoms with Gasteiger partial charge >= 0.3 is 0 Å². The summed E-state index contributed by atoms with van der Waals surface area (Å²) < 4.78 is 41.1. The lowest BCUT2D eigenvalue weighted by Crippen LogP contribution is -2.17. The Morgan fingerprint density at radius 1 is 0.527 bits per heavy atom. The Morgan fingerprint density at radius 2 is 0.964 bits per heavy atom. The maximum Gasteiger partial charge on any atom is 0.264 e. The summed E-state index contributed by atoms with van der Waals surface area (Å²) in [6.07, 6.45) is 0. The highest BCUT2D eigenvalue weighted by Crippen LogP contribution is 2.52. The summed E-state index contributed by atoms with van der Waals surface area (Å²) in [4.78, 5) is 67.8. The Hall–Kier alpha value is -5.87. The van der Waals surface area contributed by atoms with Crippen molar-refractivity contribution in [2.24, 2.45) is 0 Å². The fraction of sp³-hybridized carbons (Fsp3) is 0. The van der Waals surface area contributed by atoms with Crippen LogP contribution in [0.2, 0.25) is 0 Å². The van der Waals surface area contributed by atoms with E-state index in [1.165, 1.54) is 33.1 Å². The Kier molecular flexibility index (Phi) is 5.87. The standard InChI is InChI=1S/C36H12N4O12S3/c41-21-7-13-25-15(35(43)39-19-5-11(53-51-49-45)1-3-17(19)37-33(13)39)9-23-29-30-24(55(23,47)48)10-16-26-14(8-22(42)28(32(26)30)27(21)31(25)29)34-38-18-4-2-12(54-52-50-46)6-20(18)40(34)36(16)44/h1-10,45-46H. The van der Waals surface area contributed by atoms with Crippen LogP contribution < -0.4 is 22.0 Å². The van der Waals surface area contributed by atoms with Gasteiger partial charge < -0.3 is 0 Å². The largest absolute Gasteiger partial charge is 0.289 e. The maximum atomic E-state index is 14.7. The van der Waals surface area contributed by atoms with Gasteiger partial charge in [-0.15, -0.1) is 8.67 Å². The number of benzene rings is 7. The highest BCUT2D eigenvalue weighted by molar-refractivity contribution is 7.94. The monoisotopic (exact) mass is 788 g/mol. The molecular formula is C36H12N4O12S3. The van der Waals surface area contributed by atoms with Crippen molar-refractivity contribution in [2.75, 3.05) is 0 Å². The number of pyridine rings is 2. The van der Waals surface area contributed by atoms with Gasteiger partial charge in [0.25, 0.3) is 11.1 Å². The van der Waals surface area contributed by atoms with Gasteiger partial charge in [0.15, 0.2) is 10.9 Å². The number of aromatic nitrogens is 4. The van der Waals surface area contributed by atoms with Gasteiger partial charge in [-0.3, -0.25) is 28.0 Å². The van der Waals surface area contributed by atoms with E-state index in [0.717, 1.165) is 0 Å². The van der Waals surface area contributed by atoms with E-state index >= 15 is 0 Å². The number of hydrogen-bond acceptors (Lipinski definition) is 16. The molecule has 0 unspecified atom stereocenters. The molecule has 0 fully saturated rings. The van der Waals surface area contributed by atoms with Gasteiger partial charge in [-0.1, -0.05) is 10.1 Å². The van der Waals surface area contributed by atoms with Crippen molar-refractivity contribution in [3.05, 3.63) is 102 Å². The van der Waals surface area contributed by atoms with Gasteiger partial charge in [-0.25, -0.2) is 28.9 Å². The molecule has 0 aliphatic carbocycles. The van der Waals surface area contributed by atoms with E-state index in [1.807, 2.05) is 0 Å². The first-order valence-electron chi connectivity index (χ1n) is 16.0. The summed E-state index contributed by atoms with van der Waals surface area (Å²) in [7, 11) is -4.46. The molecule has 7 aromatic carbocycles. The predicted octanol–water partition coefficient (Wildman–Crippen LogP) is 5.40. The molecule has 11 aromatic rings. The van der Waals surface area contributed by atoms with Crippen molar-refractivity contribution in [1.29, 1.82) is 0 Å². The molecular weight excluding hydrogens is 777 g/mol. The molecule has 0 saturated heterocycles. The molecule has 1 aliphatic rings. The summed E-state index contributed by atoms with van der Waals surface area (Å²) in [6, 6.07) is 14.8. The fourth-order valence-corrected chi connectivity index (χ4v) is 11.2. The summed E-state index contributed by atoms with van der Waals surface area (Å²) in [5, 5.41) is 26.2. The Bertz CT molecular complexity index is 3740. The van der Waals surface area contributed by atoms with E-state index < -0.39 is 31.8 Å². The lowest BCUT2D eigenvalue weighted by molar-refractivity contribution is -0.432. The maximum absolute atomic E-state index is 14.7. The lowest BCUT2D eigenvalue weighted by atomic mass is 9.86. The molecule has 12 rings (SSSR count). The van der Waals surface area contributed by atoms with Crippen LogP contribution in [-0.2, 0) is 28.6 Å². The Labute approximate surface area is 308 Å². The Balaban J connectivity index is 1.30. The zero-order valence-corrected chi connectivity index (χ0v) is 29.2. The van der Waals surface area contributed by atoms with Gasteiger partial charge in [0.2, 0.25) is 9.84 Å². The molecule has 19 heteroatoms. The molecule has 4 aromatic heterocycles. The summed E-state index contributed by atoms with van der Waals surface area (Å²) in [5.74, 6) is 0. The van der Waals surface area contributed by atoms with Crippen LogP contribution in [0, 0.1) is 0 Å². The second kappa shape index (κ2) is 10.2. The van der Waals surface area contributed by atoms with Crippen LogP contribution in [0.1, 0.15) is 0 Å². The molecule has 0 spiro atoms. The van der Waals surface area contributed by atoms with Crippen molar-refractivity contribution in [3.8, 4) is 0 Å². The van der Waals surface area contributed by atoms with Gasteiger partial charge in [0.05, 0.1) is 66.7 Å². The highest BCUT2D eigenvalue weighted by Gasteiger charge is 2.38. The molecule has 5 heterocycles. The van der Waals surface area contributed by atoms with E-state index in [2.05, 4.69) is 28.7 Å². The molecule has 1 aliphatic heterocycles. The van der Waals surface area contributed by atoms with E-state index in [4.69, 9.17) is 10.5 Å². The average Bonchev–Trinajstić information content (AvgIpc) is 3.82. The second-order valence-electron chi connectivity index (χ2n) is 13.1. The first-order chi connectivity index (χ1) is 26.6. The van der Waals surface area contributed by atoms with Crippen LogP contribution >= 0.6 is 24.1 Å². The third-order valence-electron chi connectivity index (χ3n) is 10.7. The second-order valence-corrected chi connectivity index (χ2v) is 16.5. The van der Waals surface area contributed by atoms with Crippen molar-refractivity contribution in [2.45, 2.75) is 19.6 Å². The van der Waals surface area contributed by atoms with Gasteiger partial charge in [-0.05, 0) is 60.7 Å². The predicted molar refractivity (Wildman–Crippen MR) is 201 cm³/mol. The van der Waals surface area contributed by atoms with Crippen LogP contribution in [0.25, 0.3) is 98.0 Å². The smallest absolute Gasteiger partial charge is 0.264 e. The van der Waals surface area contributed by atoms with Crippen molar-refractivity contribution in [1.82, 2.24) is 18.8 Å². The van der Waals surface area contributed by atoms with Gasteiger partial charge in [0.1, 0.15) is 11.3 Å². The molecule has 0 atom stereocenters. The van der Waals surface area contributed by atoms with E-state index in [-0.39, 0.29) is 85.7 Å². The quantitative estimate of drug-likeness (QED) is 0.0709. The summed E-state index contributed by atoms with van der Waals surface area (Å²) in [6.45, 7) is 0. The minimum absolute atomic E-state index is 0.0265. The number of imidazole rings is 2. The normalized spacial score (nSPS) is 14.3. The lowest BCUT2D eigenvalue weighted by Gasteiger charge is -2.16. The first kappa shape index (κ1) is 31.5. The van der Waals surface area contributed by atoms with Crippen molar-refractivity contribution < 1.29 is 37.7 Å². The van der Waals surface area contributed by atoms with Crippen molar-refractivity contribution >= 4 is 132 Å². The van der Waals surface area contributed by atoms with E-state index in [0.29, 0.717) is 55.9 Å². The summed E-state index contributed by atoms with van der Waals surface area (Å²) >= 11 is 1.33. The number of hydrogen-bond donors (Lipinski definition) is 2. The van der Waals surface area contributed by atoms with Crippen molar-refractivity contribution in [3.63, 3.8) is 0 Å². The number of rotatable bonds is 6. The van der Waals surface area contributed by atoms with Crippen LogP contribution in [0.5, 0.6) is 0 Å². The number of sulfone groups is 1. The number of nitrogens with zero attached hydrogens (tertiary/aromatic N) is 4. The molecule has 266 valence electrons. The average molecular weight is 789 g/mol. The van der Waals surface area contributed by atoms with Gasteiger partial charge in [0, 0.05) is 63.7 Å². The van der Waals surface area contributed by atoms with Gasteiger partial charge in [-0.2, -0.15) is 0 Å². The van der Waals surface area contributed by atoms with E-state index in [1.54, 1.807) is 36.4 Å². The minimum Gasteiger partial charge on any atom is -0.289 e. The molecule has 2 N–H and O–H groups in total. The molecule has 16 nitrogen and oxygen atoms in total. The third kappa shape index (κ3) is 3.62. The zero-order chi connectivity index (χ0) is 37.4. The highest BCUT2D eigenvalue weighted by atomic mass is 32.2. The molecule has 0 saturated carbocycles. The SMILES string of the molecule is O=c1cc2c3c(cc4c5c6c(cc7c(=O)n8c9cc(SOOO)ccc9nc8c8cc(=O)c(c1c53)c6c78)S4(=O)=O)c(=O)n1c3cc(SOOO)ccc3nc21. The Morgan fingerprint density at radius 3 is 1.38 bits per heavy atom. The topological polar surface area (TPSA) is 214 Å². The van der Waals surface area contributed by atoms with Crippen LogP contribution in [0.15, 0.2) is 99.4 Å². The number of fused-ring (bicyclic) bond motifs is 9. The molecule has 0 radical (unpaired) electrons. The molecule has 55 heavy (non-hydrogen) atoms. The first-order valence-corrected chi connectivity index (χ1v) is 19.0.